The van der Waals surface area contributed by atoms with Crippen LogP contribution >= 0.6 is 0 Å². The molecule has 8 aliphatic rings. The van der Waals surface area contributed by atoms with Gasteiger partial charge in [-0.1, -0.05) is 7.43 Å². The van der Waals surface area contributed by atoms with Gasteiger partial charge in [0.1, 0.15) is 5.67 Å². The Balaban J connectivity index is 0.000000121. The van der Waals surface area contributed by atoms with Crippen LogP contribution in [0.1, 0.15) is 71.6 Å². The lowest BCUT2D eigenvalue weighted by molar-refractivity contribution is -0.132. The topological polar surface area (TPSA) is 72.3 Å². The van der Waals surface area contributed by atoms with E-state index in [1.54, 1.807) is 0 Å². The molecule has 0 aromatic carbocycles. The van der Waals surface area contributed by atoms with Crippen LogP contribution in [0.5, 0.6) is 0 Å². The quantitative estimate of drug-likeness (QED) is 0.626. The van der Waals surface area contributed by atoms with E-state index in [1.165, 1.54) is 25.7 Å². The fourth-order valence-corrected chi connectivity index (χ4v) is 7.98. The van der Waals surface area contributed by atoms with Gasteiger partial charge in [-0.25, -0.2) is 4.39 Å². The van der Waals surface area contributed by atoms with Gasteiger partial charge >= 0.3 is 0 Å². The maximum absolute atomic E-state index is 14.0. The zero-order chi connectivity index (χ0) is 16.7. The summed E-state index contributed by atoms with van der Waals surface area (Å²) in [5.74, 6) is 3.78. The van der Waals surface area contributed by atoms with Gasteiger partial charge in [-0.3, -0.25) is 0 Å². The van der Waals surface area contributed by atoms with Crippen LogP contribution in [0.25, 0.3) is 0 Å². The maximum Gasteiger partial charge on any atom is 0.112 e. The lowest BCUT2D eigenvalue weighted by Crippen LogP contribution is -2.59. The second-order valence-corrected chi connectivity index (χ2v) is 10.5. The Labute approximate surface area is 152 Å². The number of alkyl halides is 1. The highest BCUT2D eigenvalue weighted by Crippen LogP contribution is 2.57. The second kappa shape index (κ2) is 5.90. The molecule has 8 rings (SSSR count). The van der Waals surface area contributed by atoms with Gasteiger partial charge in [-0.05, 0) is 99.7 Å². The number of hydrogen-bond acceptors (Lipinski definition) is 3. The molecular formula is C21H37FN2O. The molecule has 8 saturated carbocycles. The number of nitrogens with two attached hydrogens (primary N) is 2. The average molecular weight is 353 g/mol. The highest BCUT2D eigenvalue weighted by atomic mass is 19.1. The average Bonchev–Trinajstić information content (AvgIpc) is 2.47. The minimum Gasteiger partial charge on any atom is -0.390 e. The predicted octanol–water partition coefficient (Wildman–Crippen LogP) is 3.38. The summed E-state index contributed by atoms with van der Waals surface area (Å²) in [5.41, 5.74) is 11.1. The first-order chi connectivity index (χ1) is 11.3. The van der Waals surface area contributed by atoms with Crippen LogP contribution < -0.4 is 11.5 Å². The van der Waals surface area contributed by atoms with Crippen molar-refractivity contribution < 1.29 is 9.50 Å². The molecule has 8 aliphatic carbocycles. The second-order valence-electron chi connectivity index (χ2n) is 10.5. The summed E-state index contributed by atoms with van der Waals surface area (Å²) in [7, 11) is 0. The maximum atomic E-state index is 14.0. The first-order valence-corrected chi connectivity index (χ1v) is 10.2. The molecule has 144 valence electrons. The summed E-state index contributed by atoms with van der Waals surface area (Å²) in [6.07, 6.45) is 10.4. The Hall–Kier alpha value is -0.190. The molecule has 3 nitrogen and oxygen atoms in total. The van der Waals surface area contributed by atoms with Crippen molar-refractivity contribution >= 4 is 0 Å². The molecular weight excluding hydrogens is 315 g/mol. The van der Waals surface area contributed by atoms with Gasteiger partial charge < -0.3 is 16.6 Å². The smallest absolute Gasteiger partial charge is 0.112 e. The largest absolute Gasteiger partial charge is 0.390 e. The zero-order valence-electron chi connectivity index (χ0n) is 14.7. The van der Waals surface area contributed by atoms with Crippen LogP contribution in [0.2, 0.25) is 0 Å². The first-order valence-electron chi connectivity index (χ1n) is 10.2. The van der Waals surface area contributed by atoms with Crippen LogP contribution in [0.4, 0.5) is 4.39 Å². The van der Waals surface area contributed by atoms with Crippen molar-refractivity contribution in [2.24, 2.45) is 47.0 Å². The summed E-state index contributed by atoms with van der Waals surface area (Å²) in [6.45, 7) is 0. The summed E-state index contributed by atoms with van der Waals surface area (Å²) < 4.78 is 14.0. The van der Waals surface area contributed by atoms with Crippen LogP contribution in [0, 0.1) is 35.5 Å². The highest BCUT2D eigenvalue weighted by Gasteiger charge is 2.55. The Morgan fingerprint density at radius 3 is 1.48 bits per heavy atom. The molecule has 0 heterocycles. The van der Waals surface area contributed by atoms with E-state index in [4.69, 9.17) is 11.5 Å². The fourth-order valence-electron chi connectivity index (χ4n) is 7.98. The van der Waals surface area contributed by atoms with E-state index in [0.29, 0.717) is 41.7 Å². The normalized spacial score (nSPS) is 60.0. The molecule has 0 aromatic heterocycles. The lowest BCUT2D eigenvalue weighted by Gasteiger charge is -2.57. The number of hydrogen-bond donors (Lipinski definition) is 3. The third kappa shape index (κ3) is 2.96. The third-order valence-corrected chi connectivity index (χ3v) is 8.59. The van der Waals surface area contributed by atoms with Gasteiger partial charge in [-0.2, -0.15) is 0 Å². The Kier molecular flexibility index (Phi) is 4.29. The highest BCUT2D eigenvalue weighted by molar-refractivity contribution is 5.08. The molecule has 25 heavy (non-hydrogen) atoms. The predicted molar refractivity (Wildman–Crippen MR) is 98.6 cm³/mol. The number of halogens is 1. The third-order valence-electron chi connectivity index (χ3n) is 8.59. The molecule has 0 saturated heterocycles. The van der Waals surface area contributed by atoms with Crippen LogP contribution in [-0.2, 0) is 0 Å². The van der Waals surface area contributed by atoms with Gasteiger partial charge in [0.25, 0.3) is 0 Å². The molecule has 8 bridgehead atoms. The summed E-state index contributed by atoms with van der Waals surface area (Å²) in [5, 5.41) is 10.2. The van der Waals surface area contributed by atoms with E-state index < -0.39 is 5.67 Å². The zero-order valence-corrected chi connectivity index (χ0v) is 14.7. The SMILES string of the molecule is C.NC1C2CC3CC1CC(F)(C3)C2.NC1C2CC3CC1CC(O)(C3)C2. The molecule has 0 aliphatic heterocycles. The van der Waals surface area contributed by atoms with E-state index in [-0.39, 0.29) is 13.0 Å². The van der Waals surface area contributed by atoms with Crippen molar-refractivity contribution in [3.8, 4) is 0 Å². The molecule has 0 aromatic rings. The molecule has 8 fully saturated rings. The van der Waals surface area contributed by atoms with Gasteiger partial charge in [-0.15, -0.1) is 0 Å². The van der Waals surface area contributed by atoms with E-state index in [9.17, 15) is 9.50 Å². The molecule has 0 amide bonds. The minimum absolute atomic E-state index is 0. The Morgan fingerprint density at radius 2 is 1.08 bits per heavy atom. The molecule has 5 N–H and O–H groups in total. The van der Waals surface area contributed by atoms with E-state index in [1.807, 2.05) is 0 Å². The van der Waals surface area contributed by atoms with Gasteiger partial charge in [0.15, 0.2) is 0 Å². The Morgan fingerprint density at radius 1 is 0.680 bits per heavy atom. The van der Waals surface area contributed by atoms with E-state index >= 15 is 0 Å². The Bertz CT molecular complexity index is 448. The van der Waals surface area contributed by atoms with Crippen molar-refractivity contribution in [1.29, 1.82) is 0 Å². The lowest BCUT2D eigenvalue weighted by atomic mass is 9.52. The van der Waals surface area contributed by atoms with Crippen molar-refractivity contribution in [2.45, 2.75) is 95.0 Å². The molecule has 0 spiro atoms. The summed E-state index contributed by atoms with van der Waals surface area (Å²) in [6, 6.07) is 0.729. The molecule has 4 heteroatoms. The standard InChI is InChI=1S/C10H16FN.C10H17NO.CH4/c11-10-3-6-1-7(4-10)9(12)8(2-6)5-10;11-9-7-1-6-2-8(9)5-10(12,3-6)4-7;/h6-9H,1-5,12H2;6-9,12H,1-5,11H2;1H4. The van der Waals surface area contributed by atoms with Crippen LogP contribution in [0.3, 0.4) is 0 Å². The van der Waals surface area contributed by atoms with Crippen LogP contribution in [0.15, 0.2) is 0 Å². The minimum atomic E-state index is -0.799. The molecule has 0 radical (unpaired) electrons. The van der Waals surface area contributed by atoms with Gasteiger partial charge in [0.2, 0.25) is 0 Å². The van der Waals surface area contributed by atoms with Crippen molar-refractivity contribution in [3.63, 3.8) is 0 Å². The van der Waals surface area contributed by atoms with Crippen molar-refractivity contribution in [1.82, 2.24) is 0 Å². The van der Waals surface area contributed by atoms with Gasteiger partial charge in [0, 0.05) is 12.1 Å². The summed E-state index contributed by atoms with van der Waals surface area (Å²) in [4.78, 5) is 0. The van der Waals surface area contributed by atoms with E-state index in [0.717, 1.165) is 44.4 Å². The van der Waals surface area contributed by atoms with Crippen molar-refractivity contribution in [2.75, 3.05) is 0 Å². The monoisotopic (exact) mass is 352 g/mol. The molecule has 4 unspecified atom stereocenters. The number of rotatable bonds is 0. The van der Waals surface area contributed by atoms with Crippen molar-refractivity contribution in [3.05, 3.63) is 0 Å². The molecule has 4 atom stereocenters. The number of aliphatic hydroxyl groups is 1. The van der Waals surface area contributed by atoms with Crippen LogP contribution in [-0.4, -0.2) is 28.5 Å². The first kappa shape index (κ1) is 18.2. The van der Waals surface area contributed by atoms with Gasteiger partial charge in [0.05, 0.1) is 5.60 Å². The summed E-state index contributed by atoms with van der Waals surface area (Å²) >= 11 is 0. The van der Waals surface area contributed by atoms with E-state index in [2.05, 4.69) is 0 Å². The fraction of sp³-hybridized carbons (Fsp3) is 1.00.